The molecule has 0 spiro atoms. The number of amides is 1. The van der Waals surface area contributed by atoms with Crippen LogP contribution in [0.4, 0.5) is 0 Å². The van der Waals surface area contributed by atoms with Crippen LogP contribution in [0.15, 0.2) is 18.2 Å². The Labute approximate surface area is 69.0 Å². The van der Waals surface area contributed by atoms with Gasteiger partial charge in [-0.15, -0.1) is 4.73 Å². The van der Waals surface area contributed by atoms with Crippen molar-refractivity contribution < 1.29 is 14.3 Å². The lowest BCUT2D eigenvalue weighted by atomic mass is 10.3. The number of nitrogens with two attached hydrogens (primary N) is 1. The van der Waals surface area contributed by atoms with E-state index in [1.807, 2.05) is 0 Å². The summed E-state index contributed by atoms with van der Waals surface area (Å²) in [5, 5.41) is 11.1. The molecule has 12 heavy (non-hydrogen) atoms. The van der Waals surface area contributed by atoms with Gasteiger partial charge in [0.15, 0.2) is 0 Å². The summed E-state index contributed by atoms with van der Waals surface area (Å²) in [6.45, 7) is 0. The first-order valence-corrected chi connectivity index (χ1v) is 3.23. The molecule has 0 bridgehead atoms. The Kier molecular flexibility index (Phi) is 2.14. The third-order valence-corrected chi connectivity index (χ3v) is 1.37. The summed E-state index contributed by atoms with van der Waals surface area (Å²) in [4.78, 5) is 10.6. The maximum Gasteiger partial charge on any atom is 0.379 e. The molecule has 0 atom stereocenters. The van der Waals surface area contributed by atoms with E-state index in [1.165, 1.54) is 25.3 Å². The van der Waals surface area contributed by atoms with Gasteiger partial charge in [-0.3, -0.25) is 4.79 Å². The molecule has 1 aromatic heterocycles. The zero-order valence-electron chi connectivity index (χ0n) is 6.48. The quantitative estimate of drug-likeness (QED) is 0.474. The maximum absolute atomic E-state index is 11.1. The third-order valence-electron chi connectivity index (χ3n) is 1.37. The molecule has 0 saturated carbocycles. The molecule has 5 nitrogen and oxygen atoms in total. The van der Waals surface area contributed by atoms with Gasteiger partial charge in [-0.25, -0.2) is 0 Å². The summed E-state index contributed by atoms with van der Waals surface area (Å²) in [7, 11) is 1.34. The lowest BCUT2D eigenvalue weighted by Gasteiger charge is -2.04. The highest BCUT2D eigenvalue weighted by Gasteiger charge is 2.15. The lowest BCUT2D eigenvalue weighted by molar-refractivity contribution is -0.614. The Hall–Kier alpha value is -1.78. The van der Waals surface area contributed by atoms with Gasteiger partial charge in [-0.05, 0) is 6.07 Å². The Balaban J connectivity index is 3.23. The summed E-state index contributed by atoms with van der Waals surface area (Å²) in [6.07, 6.45) is 0. The number of carbonyl (C=O) groups excluding carboxylic acids is 1. The number of rotatable bonds is 2. The fraction of sp³-hybridized carbons (Fsp3) is 0.143. The van der Waals surface area contributed by atoms with Gasteiger partial charge in [0.2, 0.25) is 0 Å². The average molecular weight is 168 g/mol. The van der Waals surface area contributed by atoms with Crippen molar-refractivity contribution in [3.63, 3.8) is 0 Å². The van der Waals surface area contributed by atoms with Crippen molar-refractivity contribution in [3.8, 4) is 5.88 Å². The molecule has 1 amide bonds. The molecule has 0 aliphatic heterocycles. The molecule has 0 aliphatic rings. The molecule has 0 radical (unpaired) electrons. The Morgan fingerprint density at radius 1 is 1.67 bits per heavy atom. The van der Waals surface area contributed by atoms with Gasteiger partial charge in [0.05, 0.1) is 13.2 Å². The molecule has 0 saturated heterocycles. The van der Waals surface area contributed by atoms with Crippen LogP contribution >= 0.6 is 0 Å². The Morgan fingerprint density at radius 2 is 2.33 bits per heavy atom. The van der Waals surface area contributed by atoms with Gasteiger partial charge in [0, 0.05) is 6.07 Å². The molecule has 0 unspecified atom stereocenters. The van der Waals surface area contributed by atoms with E-state index in [2.05, 4.69) is 4.74 Å². The number of hydrogen-bond donors (Lipinski definition) is 1. The molecule has 1 aromatic rings. The molecule has 0 fully saturated rings. The second-order valence-corrected chi connectivity index (χ2v) is 2.11. The normalized spacial score (nSPS) is 9.42. The van der Waals surface area contributed by atoms with Gasteiger partial charge in [-0.2, -0.15) is 0 Å². The standard InChI is InChI=1S/C7H8N2O3/c1-12-6-4-2-3-5(7(8)10)9(6)11/h2-4H,1H3,(H2,8,10). The monoisotopic (exact) mass is 168 g/mol. The Bertz CT molecular complexity index is 312. The van der Waals surface area contributed by atoms with E-state index in [0.717, 1.165) is 0 Å². The summed E-state index contributed by atoms with van der Waals surface area (Å²) in [6, 6.07) is 4.30. The SMILES string of the molecule is COc1cccc(C(N)=O)[n+]1[O-]. The maximum atomic E-state index is 11.1. The number of carbonyl (C=O) groups is 1. The molecule has 2 N–H and O–H groups in total. The molecular weight excluding hydrogens is 160 g/mol. The minimum atomic E-state index is -0.774. The van der Waals surface area contributed by atoms with Crippen LogP contribution in [0.2, 0.25) is 0 Å². The molecule has 0 aliphatic carbocycles. The van der Waals surface area contributed by atoms with Crippen molar-refractivity contribution in [3.05, 3.63) is 29.1 Å². The number of nitrogens with zero attached hydrogens (tertiary/aromatic N) is 1. The van der Waals surface area contributed by atoms with Crippen LogP contribution in [0.5, 0.6) is 5.88 Å². The largest absolute Gasteiger partial charge is 0.615 e. The second kappa shape index (κ2) is 3.08. The van der Waals surface area contributed by atoms with Crippen molar-refractivity contribution >= 4 is 5.91 Å². The molecule has 5 heteroatoms. The smallest absolute Gasteiger partial charge is 0.379 e. The van der Waals surface area contributed by atoms with Gasteiger partial charge < -0.3 is 15.7 Å². The number of primary amides is 1. The van der Waals surface area contributed by atoms with Gasteiger partial charge in [0.1, 0.15) is 0 Å². The van der Waals surface area contributed by atoms with E-state index in [0.29, 0.717) is 4.73 Å². The van der Waals surface area contributed by atoms with E-state index >= 15 is 0 Å². The van der Waals surface area contributed by atoms with Crippen molar-refractivity contribution in [1.29, 1.82) is 0 Å². The van der Waals surface area contributed by atoms with Crippen LogP contribution in [0.3, 0.4) is 0 Å². The number of ether oxygens (including phenoxy) is 1. The zero-order valence-corrected chi connectivity index (χ0v) is 6.48. The first-order chi connectivity index (χ1) is 5.66. The summed E-state index contributed by atoms with van der Waals surface area (Å²) < 4.78 is 5.03. The highest BCUT2D eigenvalue weighted by atomic mass is 16.5. The Morgan fingerprint density at radius 3 is 2.83 bits per heavy atom. The lowest BCUT2D eigenvalue weighted by Crippen LogP contribution is -2.38. The highest BCUT2D eigenvalue weighted by Crippen LogP contribution is 2.02. The minimum absolute atomic E-state index is 0.0475. The number of aromatic nitrogens is 1. The fourth-order valence-electron chi connectivity index (χ4n) is 0.809. The van der Waals surface area contributed by atoms with Crippen LogP contribution in [0, 0.1) is 5.21 Å². The number of hydrogen-bond acceptors (Lipinski definition) is 3. The van der Waals surface area contributed by atoms with E-state index in [9.17, 15) is 10.0 Å². The fourth-order valence-corrected chi connectivity index (χ4v) is 0.809. The highest BCUT2D eigenvalue weighted by molar-refractivity contribution is 5.89. The van der Waals surface area contributed by atoms with Crippen LogP contribution in [0.25, 0.3) is 0 Å². The predicted molar refractivity (Wildman–Crippen MR) is 40.5 cm³/mol. The predicted octanol–water partition coefficient (Wildman–Crippen LogP) is -0.573. The van der Waals surface area contributed by atoms with E-state index in [-0.39, 0.29) is 11.6 Å². The third kappa shape index (κ3) is 1.29. The first-order valence-electron chi connectivity index (χ1n) is 3.23. The number of pyridine rings is 1. The molecule has 64 valence electrons. The van der Waals surface area contributed by atoms with Crippen molar-refractivity contribution in [2.45, 2.75) is 0 Å². The van der Waals surface area contributed by atoms with Crippen molar-refractivity contribution in [2.24, 2.45) is 5.73 Å². The topological polar surface area (TPSA) is 79.3 Å². The van der Waals surface area contributed by atoms with Crippen LogP contribution in [0.1, 0.15) is 10.5 Å². The summed E-state index contributed by atoms with van der Waals surface area (Å²) in [5.74, 6) is -0.727. The zero-order chi connectivity index (χ0) is 9.14. The molecule has 0 aromatic carbocycles. The molecule has 1 heterocycles. The van der Waals surface area contributed by atoms with Crippen molar-refractivity contribution in [1.82, 2.24) is 0 Å². The van der Waals surface area contributed by atoms with E-state index in [1.54, 1.807) is 0 Å². The second-order valence-electron chi connectivity index (χ2n) is 2.11. The van der Waals surface area contributed by atoms with Gasteiger partial charge in [0.25, 0.3) is 5.69 Å². The number of methoxy groups -OCH3 is 1. The van der Waals surface area contributed by atoms with Gasteiger partial charge >= 0.3 is 11.8 Å². The van der Waals surface area contributed by atoms with Gasteiger partial charge in [-0.1, -0.05) is 0 Å². The molecule has 1 rings (SSSR count). The minimum Gasteiger partial charge on any atom is -0.615 e. The molecular formula is C7H8N2O3. The van der Waals surface area contributed by atoms with Crippen molar-refractivity contribution in [2.75, 3.05) is 7.11 Å². The van der Waals surface area contributed by atoms with Crippen LogP contribution < -0.4 is 15.2 Å². The average Bonchev–Trinajstić information content (AvgIpc) is 2.04. The van der Waals surface area contributed by atoms with Crippen LogP contribution in [-0.4, -0.2) is 13.0 Å². The van der Waals surface area contributed by atoms with Crippen LogP contribution in [-0.2, 0) is 0 Å². The summed E-state index contributed by atoms with van der Waals surface area (Å²) >= 11 is 0. The first kappa shape index (κ1) is 8.32. The summed E-state index contributed by atoms with van der Waals surface area (Å²) in [5.41, 5.74) is 4.79. The van der Waals surface area contributed by atoms with E-state index < -0.39 is 5.91 Å². The van der Waals surface area contributed by atoms with E-state index in [4.69, 9.17) is 5.73 Å².